The van der Waals surface area contributed by atoms with Gasteiger partial charge in [-0.2, -0.15) is 0 Å². The number of ether oxygens (including phenoxy) is 1. The van der Waals surface area contributed by atoms with Crippen LogP contribution in [0.15, 0.2) is 41.8 Å². The van der Waals surface area contributed by atoms with Gasteiger partial charge in [-0.3, -0.25) is 4.21 Å². The van der Waals surface area contributed by atoms with E-state index in [2.05, 4.69) is 0 Å². The molecule has 0 aliphatic rings. The highest BCUT2D eigenvalue weighted by Gasteiger charge is 2.33. The van der Waals surface area contributed by atoms with Gasteiger partial charge in [0.25, 0.3) is 0 Å². The zero-order valence-electron chi connectivity index (χ0n) is 10.8. The fourth-order valence-electron chi connectivity index (χ4n) is 1.97. The van der Waals surface area contributed by atoms with Gasteiger partial charge >= 0.3 is 0 Å². The number of rotatable bonds is 5. The molecular formula is C14H16O3S2. The molecule has 0 bridgehead atoms. The predicted octanol–water partition coefficient (Wildman–Crippen LogP) is 2.37. The fourth-order valence-corrected chi connectivity index (χ4v) is 3.82. The van der Waals surface area contributed by atoms with Crippen LogP contribution in [0.4, 0.5) is 0 Å². The molecule has 0 spiro atoms. The van der Waals surface area contributed by atoms with Crippen molar-refractivity contribution in [1.29, 1.82) is 0 Å². The maximum absolute atomic E-state index is 11.6. The van der Waals surface area contributed by atoms with Crippen molar-refractivity contribution in [3.05, 3.63) is 52.2 Å². The summed E-state index contributed by atoms with van der Waals surface area (Å²) < 4.78 is 16.7. The van der Waals surface area contributed by atoms with Crippen molar-refractivity contribution in [1.82, 2.24) is 0 Å². The van der Waals surface area contributed by atoms with Gasteiger partial charge in [0.1, 0.15) is 11.4 Å². The standard InChI is InChI=1S/C14H16O3S2/c1-17-12-7-5-11(6-8-12)14(15,10-19(2)16)13-4-3-9-18-13/h3-9,15H,10H2,1-2H3/t14-,19-/m0/s1. The summed E-state index contributed by atoms with van der Waals surface area (Å²) in [7, 11) is 0.497. The van der Waals surface area contributed by atoms with E-state index in [1.165, 1.54) is 11.3 Å². The summed E-state index contributed by atoms with van der Waals surface area (Å²) in [6.45, 7) is 0. The minimum absolute atomic E-state index is 0.180. The Morgan fingerprint density at radius 1 is 1.32 bits per heavy atom. The number of benzene rings is 1. The Morgan fingerprint density at radius 2 is 2.00 bits per heavy atom. The van der Waals surface area contributed by atoms with Gasteiger partial charge in [0.15, 0.2) is 0 Å². The molecule has 19 heavy (non-hydrogen) atoms. The van der Waals surface area contributed by atoms with Gasteiger partial charge in [0, 0.05) is 21.9 Å². The molecule has 1 aromatic heterocycles. The van der Waals surface area contributed by atoms with Crippen LogP contribution >= 0.6 is 11.3 Å². The Labute approximate surface area is 119 Å². The molecule has 2 rings (SSSR count). The van der Waals surface area contributed by atoms with Gasteiger partial charge < -0.3 is 9.84 Å². The van der Waals surface area contributed by atoms with Crippen LogP contribution in [0.2, 0.25) is 0 Å². The number of aliphatic hydroxyl groups is 1. The van der Waals surface area contributed by atoms with Crippen LogP contribution in [0.1, 0.15) is 10.4 Å². The van der Waals surface area contributed by atoms with Gasteiger partial charge in [-0.25, -0.2) is 0 Å². The average molecular weight is 296 g/mol. The van der Waals surface area contributed by atoms with Gasteiger partial charge in [0.05, 0.1) is 12.9 Å². The summed E-state index contributed by atoms with van der Waals surface area (Å²) in [5.41, 5.74) is -0.481. The minimum atomic E-state index is -1.21. The molecule has 0 aliphatic heterocycles. The van der Waals surface area contributed by atoms with E-state index in [4.69, 9.17) is 4.74 Å². The van der Waals surface area contributed by atoms with Gasteiger partial charge in [-0.1, -0.05) is 18.2 Å². The lowest BCUT2D eigenvalue weighted by atomic mass is 9.94. The van der Waals surface area contributed by atoms with E-state index < -0.39 is 16.4 Å². The van der Waals surface area contributed by atoms with E-state index >= 15 is 0 Å². The molecular weight excluding hydrogens is 280 g/mol. The van der Waals surface area contributed by atoms with E-state index in [1.807, 2.05) is 29.6 Å². The number of hydrogen-bond donors (Lipinski definition) is 1. The Morgan fingerprint density at radius 3 is 2.47 bits per heavy atom. The van der Waals surface area contributed by atoms with Crippen molar-refractivity contribution >= 4 is 22.1 Å². The van der Waals surface area contributed by atoms with Crippen molar-refractivity contribution in [2.75, 3.05) is 19.1 Å². The molecule has 5 heteroatoms. The molecule has 0 saturated heterocycles. The van der Waals surface area contributed by atoms with Crippen LogP contribution in [0.25, 0.3) is 0 Å². The molecule has 2 atom stereocenters. The van der Waals surface area contributed by atoms with Crippen molar-refractivity contribution in [3.63, 3.8) is 0 Å². The first kappa shape index (κ1) is 14.2. The molecule has 102 valence electrons. The SMILES string of the molecule is COc1ccc([C@@](O)(C[S@](C)=O)c2cccs2)cc1. The van der Waals surface area contributed by atoms with Gasteiger partial charge in [0.2, 0.25) is 0 Å². The molecule has 3 nitrogen and oxygen atoms in total. The lowest BCUT2D eigenvalue weighted by Crippen LogP contribution is -2.32. The summed E-state index contributed by atoms with van der Waals surface area (Å²) in [5.74, 6) is 0.912. The Hall–Kier alpha value is -1.17. The highest BCUT2D eigenvalue weighted by molar-refractivity contribution is 7.84. The average Bonchev–Trinajstić information content (AvgIpc) is 2.92. The number of thiophene rings is 1. The minimum Gasteiger partial charge on any atom is -0.497 e. The topological polar surface area (TPSA) is 46.5 Å². The molecule has 0 unspecified atom stereocenters. The number of methoxy groups -OCH3 is 1. The highest BCUT2D eigenvalue weighted by Crippen LogP contribution is 2.34. The largest absolute Gasteiger partial charge is 0.497 e. The summed E-state index contributed by atoms with van der Waals surface area (Å²) in [6, 6.07) is 11.0. The highest BCUT2D eigenvalue weighted by atomic mass is 32.2. The van der Waals surface area contributed by atoms with Crippen LogP contribution in [0, 0.1) is 0 Å². The van der Waals surface area contributed by atoms with Crippen LogP contribution in [-0.2, 0) is 16.4 Å². The van der Waals surface area contributed by atoms with E-state index in [9.17, 15) is 9.32 Å². The van der Waals surface area contributed by atoms with Crippen LogP contribution < -0.4 is 4.74 Å². The normalized spacial score (nSPS) is 15.7. The van der Waals surface area contributed by atoms with E-state index in [0.29, 0.717) is 0 Å². The molecule has 2 aromatic rings. The van der Waals surface area contributed by atoms with Crippen molar-refractivity contribution in [2.24, 2.45) is 0 Å². The third-order valence-electron chi connectivity index (χ3n) is 2.91. The van der Waals surface area contributed by atoms with Crippen molar-refractivity contribution < 1.29 is 14.1 Å². The maximum atomic E-state index is 11.6. The quantitative estimate of drug-likeness (QED) is 0.921. The second kappa shape index (κ2) is 5.86. The molecule has 1 aromatic carbocycles. The Balaban J connectivity index is 2.44. The summed E-state index contributed by atoms with van der Waals surface area (Å²) in [6.07, 6.45) is 1.60. The fraction of sp³-hybridized carbons (Fsp3) is 0.286. The first-order chi connectivity index (χ1) is 9.06. The predicted molar refractivity (Wildman–Crippen MR) is 79.2 cm³/mol. The maximum Gasteiger partial charge on any atom is 0.135 e. The molecule has 0 fully saturated rings. The smallest absolute Gasteiger partial charge is 0.135 e. The molecule has 0 amide bonds. The third kappa shape index (κ3) is 3.05. The molecule has 0 aliphatic carbocycles. The number of hydrogen-bond acceptors (Lipinski definition) is 4. The molecule has 0 radical (unpaired) electrons. The lowest BCUT2D eigenvalue weighted by Gasteiger charge is -2.26. The van der Waals surface area contributed by atoms with E-state index in [-0.39, 0.29) is 5.75 Å². The Kier molecular flexibility index (Phi) is 4.39. The van der Waals surface area contributed by atoms with E-state index in [1.54, 1.807) is 25.5 Å². The zero-order chi connectivity index (χ0) is 13.9. The first-order valence-corrected chi connectivity index (χ1v) is 8.38. The summed E-state index contributed by atoms with van der Waals surface area (Å²) >= 11 is 1.46. The first-order valence-electron chi connectivity index (χ1n) is 5.77. The second-order valence-electron chi connectivity index (χ2n) is 4.28. The third-order valence-corrected chi connectivity index (χ3v) is 4.75. The van der Waals surface area contributed by atoms with Crippen molar-refractivity contribution in [3.8, 4) is 5.75 Å². The van der Waals surface area contributed by atoms with Crippen LogP contribution in [0.5, 0.6) is 5.75 Å². The van der Waals surface area contributed by atoms with Crippen molar-refractivity contribution in [2.45, 2.75) is 5.60 Å². The molecule has 0 saturated carbocycles. The van der Waals surface area contributed by atoms with Crippen LogP contribution in [0.3, 0.4) is 0 Å². The van der Waals surface area contributed by atoms with Gasteiger partial charge in [-0.15, -0.1) is 11.3 Å². The summed E-state index contributed by atoms with van der Waals surface area (Å²) in [5, 5.41) is 12.9. The van der Waals surface area contributed by atoms with Gasteiger partial charge in [-0.05, 0) is 29.1 Å². The Bertz CT molecular complexity index is 549. The van der Waals surface area contributed by atoms with E-state index in [0.717, 1.165) is 16.2 Å². The molecule has 1 heterocycles. The zero-order valence-corrected chi connectivity index (χ0v) is 12.5. The molecule has 1 N–H and O–H groups in total. The van der Waals surface area contributed by atoms with Crippen LogP contribution in [-0.4, -0.2) is 28.4 Å². The summed E-state index contributed by atoms with van der Waals surface area (Å²) in [4.78, 5) is 0.799. The lowest BCUT2D eigenvalue weighted by molar-refractivity contribution is 0.110. The monoisotopic (exact) mass is 296 g/mol. The second-order valence-corrected chi connectivity index (χ2v) is 6.67.